The first-order valence-electron chi connectivity index (χ1n) is 8.71. The van der Waals surface area contributed by atoms with Crippen LogP contribution >= 0.6 is 0 Å². The number of benzene rings is 1. The number of methoxy groups -OCH3 is 1. The highest BCUT2D eigenvalue weighted by Gasteiger charge is 2.33. The van der Waals surface area contributed by atoms with Gasteiger partial charge in [-0.2, -0.15) is 0 Å². The minimum Gasteiger partial charge on any atom is -0.496 e. The van der Waals surface area contributed by atoms with Gasteiger partial charge in [-0.15, -0.1) is 0 Å². The van der Waals surface area contributed by atoms with Crippen LogP contribution in [0.2, 0.25) is 0 Å². The monoisotopic (exact) mass is 303 g/mol. The number of ether oxygens (including phenoxy) is 1. The van der Waals surface area contributed by atoms with Gasteiger partial charge in [0.05, 0.1) is 7.11 Å². The van der Waals surface area contributed by atoms with Gasteiger partial charge in [0.25, 0.3) is 0 Å². The van der Waals surface area contributed by atoms with Gasteiger partial charge >= 0.3 is 0 Å². The van der Waals surface area contributed by atoms with Crippen molar-refractivity contribution in [3.63, 3.8) is 0 Å². The van der Waals surface area contributed by atoms with Crippen molar-refractivity contribution in [3.05, 3.63) is 29.3 Å². The van der Waals surface area contributed by atoms with Gasteiger partial charge in [0.2, 0.25) is 0 Å². The number of hydrogen-bond acceptors (Lipinski definition) is 2. The van der Waals surface area contributed by atoms with Crippen molar-refractivity contribution in [1.82, 2.24) is 0 Å². The third-order valence-corrected chi connectivity index (χ3v) is 5.67. The molecule has 0 amide bonds. The van der Waals surface area contributed by atoms with E-state index in [2.05, 4.69) is 45.9 Å². The molecular weight excluding hydrogens is 270 g/mol. The topological polar surface area (TPSA) is 35.2 Å². The summed E-state index contributed by atoms with van der Waals surface area (Å²) in [5, 5.41) is 0. The van der Waals surface area contributed by atoms with Gasteiger partial charge in [-0.3, -0.25) is 0 Å². The molecule has 0 aromatic heterocycles. The molecule has 1 unspecified atom stereocenters. The molecule has 2 nitrogen and oxygen atoms in total. The summed E-state index contributed by atoms with van der Waals surface area (Å²) in [6.45, 7) is 10.0. The van der Waals surface area contributed by atoms with Crippen LogP contribution in [0.4, 0.5) is 0 Å². The molecule has 0 radical (unpaired) electrons. The summed E-state index contributed by atoms with van der Waals surface area (Å²) in [5.74, 6) is 3.05. The van der Waals surface area contributed by atoms with Crippen molar-refractivity contribution in [3.8, 4) is 5.75 Å². The maximum absolute atomic E-state index is 6.15. The van der Waals surface area contributed by atoms with E-state index in [1.54, 1.807) is 7.11 Å². The molecule has 1 saturated carbocycles. The Bertz CT molecular complexity index is 481. The molecule has 0 bridgehead atoms. The molecule has 0 spiro atoms. The summed E-state index contributed by atoms with van der Waals surface area (Å²) < 4.78 is 5.38. The molecule has 0 saturated heterocycles. The van der Waals surface area contributed by atoms with Gasteiger partial charge in [0.1, 0.15) is 5.75 Å². The minimum absolute atomic E-state index is 0.444. The van der Waals surface area contributed by atoms with E-state index < -0.39 is 0 Å². The Morgan fingerprint density at radius 2 is 1.82 bits per heavy atom. The Morgan fingerprint density at radius 1 is 1.18 bits per heavy atom. The minimum atomic E-state index is 0.444. The molecule has 1 atom stereocenters. The number of nitrogens with two attached hydrogens (primary N) is 1. The van der Waals surface area contributed by atoms with Crippen LogP contribution in [0.3, 0.4) is 0 Å². The van der Waals surface area contributed by atoms with E-state index in [0.717, 1.165) is 24.1 Å². The molecule has 2 heteroatoms. The first-order valence-corrected chi connectivity index (χ1v) is 8.71. The fourth-order valence-corrected chi connectivity index (χ4v) is 4.12. The summed E-state index contributed by atoms with van der Waals surface area (Å²) in [6.07, 6.45) is 5.32. The lowest BCUT2D eigenvalue weighted by Gasteiger charge is -2.39. The van der Waals surface area contributed by atoms with Gasteiger partial charge in [-0.25, -0.2) is 0 Å². The Balaban J connectivity index is 2.08. The second kappa shape index (κ2) is 7.04. The van der Waals surface area contributed by atoms with Crippen molar-refractivity contribution in [1.29, 1.82) is 0 Å². The zero-order chi connectivity index (χ0) is 16.3. The highest BCUT2D eigenvalue weighted by Crippen LogP contribution is 2.44. The van der Waals surface area contributed by atoms with E-state index in [4.69, 9.17) is 10.5 Å². The van der Waals surface area contributed by atoms with E-state index in [-0.39, 0.29) is 0 Å². The Kier molecular flexibility index (Phi) is 5.55. The average molecular weight is 303 g/mol. The SMILES string of the molecule is COc1ccc(C(CN)C2CCC(C(C)(C)C)CC2)cc1C. The predicted octanol–water partition coefficient (Wildman–Crippen LogP) is 4.90. The summed E-state index contributed by atoms with van der Waals surface area (Å²) in [4.78, 5) is 0. The van der Waals surface area contributed by atoms with Crippen LogP contribution in [0.25, 0.3) is 0 Å². The highest BCUT2D eigenvalue weighted by molar-refractivity contribution is 5.38. The maximum atomic E-state index is 6.15. The first-order chi connectivity index (χ1) is 10.4. The maximum Gasteiger partial charge on any atom is 0.121 e. The van der Waals surface area contributed by atoms with Gasteiger partial charge < -0.3 is 10.5 Å². The third kappa shape index (κ3) is 3.84. The molecule has 22 heavy (non-hydrogen) atoms. The second-order valence-corrected chi connectivity index (χ2v) is 8.05. The van der Waals surface area contributed by atoms with Crippen molar-refractivity contribution in [2.75, 3.05) is 13.7 Å². The predicted molar refractivity (Wildman–Crippen MR) is 94.4 cm³/mol. The average Bonchev–Trinajstić information content (AvgIpc) is 2.48. The molecule has 0 aliphatic heterocycles. The lowest BCUT2D eigenvalue weighted by molar-refractivity contribution is 0.140. The van der Waals surface area contributed by atoms with E-state index in [9.17, 15) is 0 Å². The van der Waals surface area contributed by atoms with Gasteiger partial charge in [-0.1, -0.05) is 32.9 Å². The molecular formula is C20H33NO. The van der Waals surface area contributed by atoms with Crippen LogP contribution in [0, 0.1) is 24.2 Å². The van der Waals surface area contributed by atoms with Crippen LogP contribution in [0.5, 0.6) is 5.75 Å². The van der Waals surface area contributed by atoms with Gasteiger partial charge in [-0.05, 0) is 79.5 Å². The molecule has 0 heterocycles. The fraction of sp³-hybridized carbons (Fsp3) is 0.700. The molecule has 2 N–H and O–H groups in total. The molecule has 1 aliphatic rings. The highest BCUT2D eigenvalue weighted by atomic mass is 16.5. The largest absolute Gasteiger partial charge is 0.496 e. The van der Waals surface area contributed by atoms with Gasteiger partial charge in [0.15, 0.2) is 0 Å². The van der Waals surface area contributed by atoms with Crippen LogP contribution in [-0.4, -0.2) is 13.7 Å². The smallest absolute Gasteiger partial charge is 0.121 e. The molecule has 1 aromatic rings. The first kappa shape index (κ1) is 17.3. The molecule has 2 rings (SSSR count). The zero-order valence-corrected chi connectivity index (χ0v) is 15.0. The van der Waals surface area contributed by atoms with Crippen molar-refractivity contribution >= 4 is 0 Å². The standard InChI is InChI=1S/C20H33NO/c1-14-12-16(8-11-19(14)22-5)18(13-21)15-6-9-17(10-7-15)20(2,3)4/h8,11-12,15,17-18H,6-7,9-10,13,21H2,1-5H3. The number of rotatable bonds is 4. The van der Waals surface area contributed by atoms with Crippen molar-refractivity contribution < 1.29 is 4.74 Å². The summed E-state index contributed by atoms with van der Waals surface area (Å²) in [6, 6.07) is 6.57. The third-order valence-electron chi connectivity index (χ3n) is 5.67. The van der Waals surface area contributed by atoms with E-state index in [1.165, 1.54) is 36.8 Å². The Hall–Kier alpha value is -1.02. The molecule has 1 fully saturated rings. The number of aryl methyl sites for hydroxylation is 1. The zero-order valence-electron chi connectivity index (χ0n) is 15.0. The normalized spacial score (nSPS) is 24.1. The summed E-state index contributed by atoms with van der Waals surface area (Å²) >= 11 is 0. The van der Waals surface area contributed by atoms with E-state index in [1.807, 2.05) is 0 Å². The molecule has 124 valence electrons. The second-order valence-electron chi connectivity index (χ2n) is 8.05. The Morgan fingerprint density at radius 3 is 2.27 bits per heavy atom. The van der Waals surface area contributed by atoms with Gasteiger partial charge in [0, 0.05) is 0 Å². The van der Waals surface area contributed by atoms with Crippen LogP contribution in [0.1, 0.15) is 63.5 Å². The fourth-order valence-electron chi connectivity index (χ4n) is 4.12. The van der Waals surface area contributed by atoms with Crippen LogP contribution in [0.15, 0.2) is 18.2 Å². The van der Waals surface area contributed by atoms with Crippen molar-refractivity contribution in [2.24, 2.45) is 23.0 Å². The van der Waals surface area contributed by atoms with Crippen LogP contribution in [-0.2, 0) is 0 Å². The summed E-state index contributed by atoms with van der Waals surface area (Å²) in [7, 11) is 1.73. The lowest BCUT2D eigenvalue weighted by Crippen LogP contribution is -2.30. The van der Waals surface area contributed by atoms with Crippen LogP contribution < -0.4 is 10.5 Å². The lowest BCUT2D eigenvalue weighted by atomic mass is 9.66. The van der Waals surface area contributed by atoms with E-state index >= 15 is 0 Å². The Labute approximate surface area is 136 Å². The van der Waals surface area contributed by atoms with E-state index in [0.29, 0.717) is 11.3 Å². The van der Waals surface area contributed by atoms with Crippen molar-refractivity contribution in [2.45, 2.75) is 59.3 Å². The summed E-state index contributed by atoms with van der Waals surface area (Å²) in [5.41, 5.74) is 9.19. The quantitative estimate of drug-likeness (QED) is 0.858. The molecule has 1 aromatic carbocycles. The molecule has 1 aliphatic carbocycles. The number of hydrogen-bond donors (Lipinski definition) is 1.